The Morgan fingerprint density at radius 2 is 1.93 bits per heavy atom. The maximum atomic E-state index is 14.0. The fraction of sp³-hybridized carbons (Fsp3) is 0.258. The molecule has 1 fully saturated rings. The van der Waals surface area contributed by atoms with E-state index in [1.165, 1.54) is 28.2 Å². The molecule has 1 aliphatic heterocycles. The topological polar surface area (TPSA) is 121 Å². The van der Waals surface area contributed by atoms with E-state index < -0.39 is 53.8 Å². The Kier molecular flexibility index (Phi) is 7.86. The lowest BCUT2D eigenvalue weighted by molar-refractivity contribution is -0.0266. The monoisotopic (exact) mass is 671 g/mol. The van der Waals surface area contributed by atoms with Crippen LogP contribution in [0.25, 0.3) is 32.2 Å². The molecule has 3 aromatic heterocycles. The van der Waals surface area contributed by atoms with E-state index in [4.69, 9.17) is 16.3 Å². The van der Waals surface area contributed by atoms with Gasteiger partial charge in [0.2, 0.25) is 0 Å². The highest BCUT2D eigenvalue weighted by Gasteiger charge is 2.46. The van der Waals surface area contributed by atoms with E-state index in [0.29, 0.717) is 37.8 Å². The third kappa shape index (κ3) is 5.39. The maximum absolute atomic E-state index is 14.0. The summed E-state index contributed by atoms with van der Waals surface area (Å²) < 4.78 is 63.4. The number of rotatable bonds is 8. The number of nitriles is 1. The van der Waals surface area contributed by atoms with Crippen molar-refractivity contribution < 1.29 is 32.2 Å². The fourth-order valence-electron chi connectivity index (χ4n) is 5.62. The number of aromatic carboxylic acids is 1. The van der Waals surface area contributed by atoms with E-state index in [1.54, 1.807) is 37.3 Å². The number of benzene rings is 2. The second-order valence-corrected chi connectivity index (χ2v) is 12.1. The van der Waals surface area contributed by atoms with Gasteiger partial charge in [-0.2, -0.15) is 5.26 Å². The first-order valence-corrected chi connectivity index (χ1v) is 15.0. The summed E-state index contributed by atoms with van der Waals surface area (Å²) in [6, 6.07) is 9.45. The van der Waals surface area contributed by atoms with Gasteiger partial charge in [0.25, 0.3) is 17.9 Å². The molecular weight excluding hydrogens is 650 g/mol. The van der Waals surface area contributed by atoms with Gasteiger partial charge >= 0.3 is 5.97 Å². The zero-order valence-corrected chi connectivity index (χ0v) is 25.6. The van der Waals surface area contributed by atoms with Gasteiger partial charge in [0, 0.05) is 32.8 Å². The van der Waals surface area contributed by atoms with Gasteiger partial charge in [-0.15, -0.1) is 11.3 Å². The van der Waals surface area contributed by atoms with Crippen molar-refractivity contribution in [3.8, 4) is 22.9 Å². The lowest BCUT2D eigenvalue weighted by atomic mass is 9.98. The van der Waals surface area contributed by atoms with Crippen LogP contribution in [-0.4, -0.2) is 51.2 Å². The third-order valence-electron chi connectivity index (χ3n) is 7.63. The number of alkyl halides is 4. The summed E-state index contributed by atoms with van der Waals surface area (Å²) in [5, 5.41) is 21.2. The quantitative estimate of drug-likeness (QED) is 0.175. The van der Waals surface area contributed by atoms with Crippen LogP contribution >= 0.6 is 22.9 Å². The first kappa shape index (κ1) is 31.3. The largest absolute Gasteiger partial charge is 0.491 e. The molecule has 1 aliphatic rings. The molecule has 0 atom stereocenters. The number of carbonyl (C=O) groups is 1. The van der Waals surface area contributed by atoms with Crippen molar-refractivity contribution in [2.75, 3.05) is 24.6 Å². The lowest BCUT2D eigenvalue weighted by Crippen LogP contribution is -2.57. The second-order valence-electron chi connectivity index (χ2n) is 10.8. The highest BCUT2D eigenvalue weighted by Crippen LogP contribution is 2.42. The highest BCUT2D eigenvalue weighted by molar-refractivity contribution is 7.18. The van der Waals surface area contributed by atoms with Crippen LogP contribution in [0.3, 0.4) is 0 Å². The molecule has 6 rings (SSSR count). The smallest absolute Gasteiger partial charge is 0.338 e. The van der Waals surface area contributed by atoms with Gasteiger partial charge in [-0.05, 0) is 44.2 Å². The van der Waals surface area contributed by atoms with Gasteiger partial charge < -0.3 is 14.7 Å². The van der Waals surface area contributed by atoms with Crippen molar-refractivity contribution >= 4 is 55.7 Å². The van der Waals surface area contributed by atoms with Crippen LogP contribution < -0.4 is 15.2 Å². The molecule has 0 radical (unpaired) electrons. The second kappa shape index (κ2) is 11.6. The van der Waals surface area contributed by atoms with E-state index in [1.807, 2.05) is 0 Å². The standard InChI is InChI=1S/C31H22ClF4N5O4S/c1-14-7-18(27-25(38-14)21(11-46-27)30(43)44)17-8-16(32)3-4-23(17)45-6-5-41-15(2)39-22-9-19(28(33)34)26(40-12-31(35,36)13-40)20(10-37)24(22)29(41)42/h3-4,7-9,11,28H,5-6,12-13H2,1-2H3,(H,43,44). The number of nitrogens with zero attached hydrogens (tertiary/aromatic N) is 5. The Hall–Kier alpha value is -4.74. The summed E-state index contributed by atoms with van der Waals surface area (Å²) in [6.45, 7) is 1.37. The predicted molar refractivity (Wildman–Crippen MR) is 165 cm³/mol. The summed E-state index contributed by atoms with van der Waals surface area (Å²) >= 11 is 7.54. The van der Waals surface area contributed by atoms with Crippen molar-refractivity contribution in [3.63, 3.8) is 0 Å². The van der Waals surface area contributed by atoms with Crippen molar-refractivity contribution in [3.05, 3.63) is 79.3 Å². The van der Waals surface area contributed by atoms with Crippen LogP contribution in [0.1, 0.15) is 39.4 Å². The molecule has 4 heterocycles. The number of halogens is 5. The number of hydrogen-bond acceptors (Lipinski definition) is 8. The molecule has 236 valence electrons. The molecule has 0 spiro atoms. The van der Waals surface area contributed by atoms with E-state index in [-0.39, 0.29) is 35.4 Å². The molecule has 2 aromatic carbocycles. The number of pyridine rings is 1. The van der Waals surface area contributed by atoms with Crippen LogP contribution in [0.15, 0.2) is 40.5 Å². The molecule has 0 bridgehead atoms. The van der Waals surface area contributed by atoms with Gasteiger partial charge in [-0.25, -0.2) is 27.3 Å². The molecule has 0 unspecified atom stereocenters. The normalized spacial score (nSPS) is 14.1. The van der Waals surface area contributed by atoms with E-state index in [9.17, 15) is 37.5 Å². The van der Waals surface area contributed by atoms with Crippen LogP contribution in [0.5, 0.6) is 5.75 Å². The Morgan fingerprint density at radius 3 is 2.59 bits per heavy atom. The minimum absolute atomic E-state index is 0.0662. The first-order chi connectivity index (χ1) is 21.8. The molecule has 5 aromatic rings. The zero-order valence-electron chi connectivity index (χ0n) is 24.1. The minimum atomic E-state index is -3.10. The molecule has 0 saturated carbocycles. The predicted octanol–water partition coefficient (Wildman–Crippen LogP) is 6.99. The van der Waals surface area contributed by atoms with Crippen molar-refractivity contribution in [1.29, 1.82) is 5.26 Å². The lowest BCUT2D eigenvalue weighted by Gasteiger charge is -2.41. The van der Waals surface area contributed by atoms with Crippen LogP contribution in [-0.2, 0) is 6.54 Å². The number of ether oxygens (including phenoxy) is 1. The van der Waals surface area contributed by atoms with Gasteiger partial charge in [-0.3, -0.25) is 14.3 Å². The van der Waals surface area contributed by atoms with Crippen molar-refractivity contribution in [1.82, 2.24) is 14.5 Å². The van der Waals surface area contributed by atoms with Crippen LogP contribution in [0.2, 0.25) is 5.02 Å². The number of anilines is 1. The van der Waals surface area contributed by atoms with E-state index in [2.05, 4.69) is 9.97 Å². The van der Waals surface area contributed by atoms with Crippen LogP contribution in [0.4, 0.5) is 23.2 Å². The number of carboxylic acid groups (broad SMARTS) is 1. The van der Waals surface area contributed by atoms with Gasteiger partial charge in [0.1, 0.15) is 24.3 Å². The molecule has 0 amide bonds. The Bertz CT molecular complexity index is 2170. The highest BCUT2D eigenvalue weighted by atomic mass is 35.5. The number of aryl methyl sites for hydroxylation is 2. The molecule has 15 heteroatoms. The Balaban J connectivity index is 1.37. The number of thiophene rings is 1. The molecule has 46 heavy (non-hydrogen) atoms. The number of aromatic nitrogens is 3. The number of carboxylic acids is 1. The average molecular weight is 672 g/mol. The maximum Gasteiger partial charge on any atom is 0.338 e. The first-order valence-electron chi connectivity index (χ1n) is 13.7. The number of fused-ring (bicyclic) bond motifs is 2. The van der Waals surface area contributed by atoms with Gasteiger partial charge in [0.15, 0.2) is 0 Å². The summed E-state index contributed by atoms with van der Waals surface area (Å²) in [5.41, 5.74) is -0.164. The third-order valence-corrected chi connectivity index (χ3v) is 8.87. The Labute approximate surface area is 266 Å². The zero-order chi connectivity index (χ0) is 33.1. The Morgan fingerprint density at radius 1 is 1.20 bits per heavy atom. The molecule has 1 N–H and O–H groups in total. The number of hydrogen-bond donors (Lipinski definition) is 1. The van der Waals surface area contributed by atoms with Crippen LogP contribution in [0, 0.1) is 25.2 Å². The average Bonchev–Trinajstić information content (AvgIpc) is 3.40. The van der Waals surface area contributed by atoms with E-state index >= 15 is 0 Å². The van der Waals surface area contributed by atoms with Crippen molar-refractivity contribution in [2.24, 2.45) is 0 Å². The SMILES string of the molecule is Cc1cc(-c2cc(Cl)ccc2OCCn2c(C)nc3cc(C(F)F)c(N4CC(F)(F)C4)c(C#N)c3c2=O)c2scc(C(=O)O)c2n1. The fourth-order valence-corrected chi connectivity index (χ4v) is 6.81. The minimum Gasteiger partial charge on any atom is -0.491 e. The molecule has 1 saturated heterocycles. The molecular formula is C31H22ClF4N5O4S. The summed E-state index contributed by atoms with van der Waals surface area (Å²) in [4.78, 5) is 35.2. The molecule has 9 nitrogen and oxygen atoms in total. The van der Waals surface area contributed by atoms with Crippen molar-refractivity contribution in [2.45, 2.75) is 32.7 Å². The summed E-state index contributed by atoms with van der Waals surface area (Å²) in [7, 11) is 0. The van der Waals surface area contributed by atoms with Gasteiger partial charge in [0.05, 0.1) is 57.6 Å². The summed E-state index contributed by atoms with van der Waals surface area (Å²) in [6.07, 6.45) is -3.09. The molecule has 0 aliphatic carbocycles. The summed E-state index contributed by atoms with van der Waals surface area (Å²) in [5.74, 6) is -3.67. The van der Waals surface area contributed by atoms with Gasteiger partial charge in [-0.1, -0.05) is 11.6 Å². The van der Waals surface area contributed by atoms with E-state index in [0.717, 1.165) is 11.0 Å².